The number of hydrogen-bond donors (Lipinski definition) is 4. The topological polar surface area (TPSA) is 114 Å². The van der Waals surface area contributed by atoms with Crippen LogP contribution in [0.15, 0.2) is 94.0 Å². The first-order chi connectivity index (χ1) is 28.1. The molecule has 0 saturated carbocycles. The zero-order chi connectivity index (χ0) is 39.9. The predicted molar refractivity (Wildman–Crippen MR) is 227 cm³/mol. The Morgan fingerprint density at radius 1 is 0.638 bits per heavy atom. The highest BCUT2D eigenvalue weighted by molar-refractivity contribution is 5.98. The Kier molecular flexibility index (Phi) is 10.6. The van der Waals surface area contributed by atoms with Crippen molar-refractivity contribution in [3.63, 3.8) is 0 Å². The highest BCUT2D eigenvalue weighted by atomic mass is 19.1. The summed E-state index contributed by atoms with van der Waals surface area (Å²) in [6, 6.07) is 23.8. The van der Waals surface area contributed by atoms with Gasteiger partial charge >= 0.3 is 0 Å². The van der Waals surface area contributed by atoms with Crippen molar-refractivity contribution in [3.05, 3.63) is 109 Å². The SMILES string of the molecule is CC1CN(CCc2nc3ccc(-c4c[nH]c5cc(F)ccc45)cc3o2)C(C)CN1.C[C@@H]1CN(CCc2nc3ccc(-c4c[nH]c5cc(F)ccc45)cc3o2)C[C@@H](C)N1. The number of aromatic nitrogens is 4. The van der Waals surface area contributed by atoms with Crippen LogP contribution in [-0.4, -0.2) is 93.2 Å². The van der Waals surface area contributed by atoms with Gasteiger partial charge in [-0.15, -0.1) is 0 Å². The van der Waals surface area contributed by atoms with Gasteiger partial charge in [-0.2, -0.15) is 0 Å². The maximum absolute atomic E-state index is 13.5. The average Bonchev–Trinajstić information content (AvgIpc) is 4.01. The number of piperazine rings is 2. The first-order valence-electron chi connectivity index (χ1n) is 20.4. The molecule has 10 rings (SSSR count). The third kappa shape index (κ3) is 8.15. The predicted octanol–water partition coefficient (Wildman–Crippen LogP) is 8.68. The van der Waals surface area contributed by atoms with Gasteiger partial charge in [0.15, 0.2) is 22.9 Å². The number of nitrogens with zero attached hydrogens (tertiary/aromatic N) is 4. The number of H-pyrrole nitrogens is 2. The lowest BCUT2D eigenvalue weighted by Crippen LogP contribution is -2.54. The van der Waals surface area contributed by atoms with Crippen molar-refractivity contribution in [2.45, 2.75) is 64.7 Å². The van der Waals surface area contributed by atoms with E-state index in [-0.39, 0.29) is 11.6 Å². The summed E-state index contributed by atoms with van der Waals surface area (Å²) in [5.41, 5.74) is 9.02. The van der Waals surface area contributed by atoms with Gasteiger partial charge in [0.05, 0.1) is 0 Å². The van der Waals surface area contributed by atoms with Gasteiger partial charge in [0.25, 0.3) is 0 Å². The molecule has 4 aromatic heterocycles. The first-order valence-corrected chi connectivity index (χ1v) is 20.4. The molecule has 0 bridgehead atoms. The number of fused-ring (bicyclic) bond motifs is 4. The van der Waals surface area contributed by atoms with E-state index in [9.17, 15) is 8.78 Å². The standard InChI is InChI=1S/2C23H25FN4O/c1-14-13-28(15(2)11-25-14)8-7-23-27-20-6-3-16(9-22(20)29-23)19-12-26-21-10-17(24)4-5-18(19)21;1-14-12-28(13-15(2)26-14)8-7-23-27-20-6-3-16(9-22(20)29-23)19-11-25-21-10-17(24)4-5-18(19)21/h3-6,9-10,12,14-15,25-26H,7-8,11,13H2,1-2H3;3-6,9-11,14-15,25-26H,7-8,12-13H2,1-2H3/t;14-,15-/m.1/s1. The Labute approximate surface area is 336 Å². The molecule has 8 aromatic rings. The van der Waals surface area contributed by atoms with Crippen molar-refractivity contribution < 1.29 is 17.6 Å². The van der Waals surface area contributed by atoms with Gasteiger partial charge in [-0.3, -0.25) is 9.80 Å². The summed E-state index contributed by atoms with van der Waals surface area (Å²) < 4.78 is 39.0. The van der Waals surface area contributed by atoms with Crippen LogP contribution in [0.3, 0.4) is 0 Å². The maximum Gasteiger partial charge on any atom is 0.196 e. The lowest BCUT2D eigenvalue weighted by atomic mass is 10.0. The number of benzene rings is 4. The van der Waals surface area contributed by atoms with Crippen molar-refractivity contribution in [3.8, 4) is 22.3 Å². The van der Waals surface area contributed by atoms with Gasteiger partial charge in [-0.25, -0.2) is 18.7 Å². The number of halogens is 2. The van der Waals surface area contributed by atoms with Gasteiger partial charge < -0.3 is 29.4 Å². The Morgan fingerprint density at radius 2 is 1.17 bits per heavy atom. The molecule has 2 aliphatic rings. The highest BCUT2D eigenvalue weighted by Gasteiger charge is 2.23. The second-order valence-electron chi connectivity index (χ2n) is 16.2. The van der Waals surface area contributed by atoms with E-state index in [4.69, 9.17) is 8.83 Å². The minimum Gasteiger partial charge on any atom is -0.441 e. The van der Waals surface area contributed by atoms with Crippen LogP contribution in [-0.2, 0) is 12.8 Å². The molecule has 0 spiro atoms. The maximum atomic E-state index is 13.5. The summed E-state index contributed by atoms with van der Waals surface area (Å²) in [6.45, 7) is 15.0. The van der Waals surface area contributed by atoms with Crippen molar-refractivity contribution in [2.75, 3.05) is 39.3 Å². The van der Waals surface area contributed by atoms with Crippen LogP contribution in [0.2, 0.25) is 0 Å². The highest BCUT2D eigenvalue weighted by Crippen LogP contribution is 2.33. The molecule has 0 radical (unpaired) electrons. The second kappa shape index (κ2) is 16.1. The number of rotatable bonds is 8. The molecule has 2 fully saturated rings. The molecule has 12 heteroatoms. The van der Waals surface area contributed by atoms with E-state index in [1.165, 1.54) is 24.3 Å². The summed E-state index contributed by atoms with van der Waals surface area (Å²) in [5.74, 6) is 1.07. The lowest BCUT2D eigenvalue weighted by molar-refractivity contribution is 0.145. The van der Waals surface area contributed by atoms with E-state index in [0.29, 0.717) is 24.2 Å². The molecule has 2 unspecified atom stereocenters. The third-order valence-corrected chi connectivity index (χ3v) is 11.6. The molecule has 10 nitrogen and oxygen atoms in total. The molecule has 6 heterocycles. The van der Waals surface area contributed by atoms with Gasteiger partial charge in [0.2, 0.25) is 0 Å². The Hall–Kier alpha value is -5.40. The zero-order valence-corrected chi connectivity index (χ0v) is 33.4. The molecular formula is C46H50F2N8O2. The molecule has 2 aliphatic heterocycles. The van der Waals surface area contributed by atoms with Crippen molar-refractivity contribution >= 4 is 44.0 Å². The summed E-state index contributed by atoms with van der Waals surface area (Å²) in [7, 11) is 0. The van der Waals surface area contributed by atoms with Crippen LogP contribution in [0.1, 0.15) is 39.5 Å². The summed E-state index contributed by atoms with van der Waals surface area (Å²) in [5, 5.41) is 9.06. The smallest absolute Gasteiger partial charge is 0.196 e. The molecule has 0 aliphatic carbocycles. The molecular weight excluding hydrogens is 735 g/mol. The van der Waals surface area contributed by atoms with E-state index in [2.05, 4.69) is 68.1 Å². The largest absolute Gasteiger partial charge is 0.441 e. The van der Waals surface area contributed by atoms with Crippen molar-refractivity contribution in [1.82, 2.24) is 40.4 Å². The first kappa shape index (κ1) is 38.1. The lowest BCUT2D eigenvalue weighted by Gasteiger charge is -2.37. The summed E-state index contributed by atoms with van der Waals surface area (Å²) in [6.07, 6.45) is 5.42. The Balaban J connectivity index is 0.000000150. The number of aromatic amines is 2. The van der Waals surface area contributed by atoms with Crippen LogP contribution in [0.25, 0.3) is 66.3 Å². The van der Waals surface area contributed by atoms with Gasteiger partial charge in [-0.05, 0) is 99.5 Å². The van der Waals surface area contributed by atoms with Crippen LogP contribution >= 0.6 is 0 Å². The minimum atomic E-state index is -0.241. The van der Waals surface area contributed by atoms with Crippen molar-refractivity contribution in [1.29, 1.82) is 0 Å². The summed E-state index contributed by atoms with van der Waals surface area (Å²) >= 11 is 0. The molecule has 58 heavy (non-hydrogen) atoms. The van der Waals surface area contributed by atoms with Crippen LogP contribution in [0.5, 0.6) is 0 Å². The quantitative estimate of drug-likeness (QED) is 0.121. The number of oxazole rings is 2. The van der Waals surface area contributed by atoms with Crippen molar-refractivity contribution in [2.24, 2.45) is 0 Å². The number of hydrogen-bond acceptors (Lipinski definition) is 8. The molecule has 2 saturated heterocycles. The number of nitrogens with one attached hydrogen (secondary N) is 4. The van der Waals surface area contributed by atoms with E-state index in [0.717, 1.165) is 130 Å². The monoisotopic (exact) mass is 784 g/mol. The van der Waals surface area contributed by atoms with Gasteiger partial charge in [0.1, 0.15) is 22.7 Å². The van der Waals surface area contributed by atoms with Crippen LogP contribution in [0, 0.1) is 11.6 Å². The van der Waals surface area contributed by atoms with Gasteiger partial charge in [0, 0.05) is 122 Å². The fourth-order valence-corrected chi connectivity index (χ4v) is 8.69. The summed E-state index contributed by atoms with van der Waals surface area (Å²) in [4.78, 5) is 20.6. The minimum absolute atomic E-state index is 0.241. The zero-order valence-electron chi connectivity index (χ0n) is 33.4. The Bertz CT molecular complexity index is 2690. The second-order valence-corrected chi connectivity index (χ2v) is 16.2. The fourth-order valence-electron chi connectivity index (χ4n) is 8.69. The normalized spacial score (nSPS) is 20.7. The molecule has 4 atom stereocenters. The van der Waals surface area contributed by atoms with E-state index in [1.807, 2.05) is 60.9 Å². The van der Waals surface area contributed by atoms with E-state index < -0.39 is 0 Å². The third-order valence-electron chi connectivity index (χ3n) is 11.6. The Morgan fingerprint density at radius 3 is 1.72 bits per heavy atom. The van der Waals surface area contributed by atoms with Gasteiger partial charge in [-0.1, -0.05) is 12.1 Å². The fraction of sp³-hybridized carbons (Fsp3) is 0.348. The van der Waals surface area contributed by atoms with E-state index in [1.54, 1.807) is 0 Å². The van der Waals surface area contributed by atoms with Crippen LogP contribution < -0.4 is 10.6 Å². The average molecular weight is 785 g/mol. The van der Waals surface area contributed by atoms with E-state index >= 15 is 0 Å². The molecule has 4 aromatic carbocycles. The van der Waals surface area contributed by atoms with Crippen LogP contribution in [0.4, 0.5) is 8.78 Å². The molecule has 300 valence electrons. The molecule has 0 amide bonds. The molecule has 4 N–H and O–H groups in total.